The fourth-order valence-corrected chi connectivity index (χ4v) is 2.91. The van der Waals surface area contributed by atoms with Gasteiger partial charge in [0.05, 0.1) is 17.8 Å². The van der Waals surface area contributed by atoms with Crippen LogP contribution < -0.4 is 11.3 Å². The molecule has 1 aliphatic rings. The summed E-state index contributed by atoms with van der Waals surface area (Å²) in [5, 5.41) is 0. The number of halogens is 1. The minimum atomic E-state index is 0.0991. The van der Waals surface area contributed by atoms with E-state index in [0.717, 1.165) is 36.0 Å². The summed E-state index contributed by atoms with van der Waals surface area (Å²) in [5.74, 6) is 5.63. The number of aromatic nitrogens is 1. The molecule has 0 spiro atoms. The van der Waals surface area contributed by atoms with Crippen molar-refractivity contribution in [2.45, 2.75) is 44.2 Å². The van der Waals surface area contributed by atoms with Crippen LogP contribution in [-0.2, 0) is 4.74 Å². The topological polar surface area (TPSA) is 60.2 Å². The lowest BCUT2D eigenvalue weighted by atomic mass is 10.0. The Morgan fingerprint density at radius 2 is 2.50 bits per heavy atom. The molecule has 2 heterocycles. The number of hydrogen-bond donors (Lipinski definition) is 2. The lowest BCUT2D eigenvalue weighted by Crippen LogP contribution is -2.29. The highest BCUT2D eigenvalue weighted by molar-refractivity contribution is 9.10. The summed E-state index contributed by atoms with van der Waals surface area (Å²) in [6, 6.07) is 4.00. The van der Waals surface area contributed by atoms with E-state index in [-0.39, 0.29) is 6.04 Å². The largest absolute Gasteiger partial charge is 0.378 e. The van der Waals surface area contributed by atoms with Gasteiger partial charge in [0.1, 0.15) is 0 Å². The van der Waals surface area contributed by atoms with Crippen molar-refractivity contribution in [2.24, 2.45) is 5.84 Å². The standard InChI is InChI=1S/C13H20BrN3O/c14-11-6-2-8-16-13(11)12(17-15)7-1-4-10-5-3-9-18-10/h2,6,8,10,12,17H,1,3-5,7,9,15H2. The molecule has 1 aromatic heterocycles. The predicted octanol–water partition coefficient (Wildman–Crippen LogP) is 2.70. The van der Waals surface area contributed by atoms with Crippen molar-refractivity contribution in [2.75, 3.05) is 6.61 Å². The molecule has 100 valence electrons. The average Bonchev–Trinajstić information content (AvgIpc) is 2.89. The number of ether oxygens (including phenoxy) is 1. The first kappa shape index (κ1) is 13.9. The highest BCUT2D eigenvalue weighted by atomic mass is 79.9. The lowest BCUT2D eigenvalue weighted by Gasteiger charge is -2.17. The van der Waals surface area contributed by atoms with Crippen LogP contribution in [0.4, 0.5) is 0 Å². The Kier molecular flexibility index (Phi) is 5.56. The van der Waals surface area contributed by atoms with Gasteiger partial charge in [-0.3, -0.25) is 16.3 Å². The molecule has 0 aromatic carbocycles. The predicted molar refractivity (Wildman–Crippen MR) is 74.8 cm³/mol. The highest BCUT2D eigenvalue weighted by Crippen LogP contribution is 2.25. The molecule has 2 rings (SSSR count). The molecule has 0 radical (unpaired) electrons. The van der Waals surface area contributed by atoms with Crippen LogP contribution in [-0.4, -0.2) is 17.7 Å². The van der Waals surface area contributed by atoms with Gasteiger partial charge in [-0.2, -0.15) is 0 Å². The molecular formula is C13H20BrN3O. The van der Waals surface area contributed by atoms with Crippen LogP contribution >= 0.6 is 15.9 Å². The van der Waals surface area contributed by atoms with Gasteiger partial charge in [0.25, 0.3) is 0 Å². The zero-order chi connectivity index (χ0) is 12.8. The minimum absolute atomic E-state index is 0.0991. The molecule has 4 nitrogen and oxygen atoms in total. The summed E-state index contributed by atoms with van der Waals surface area (Å²) in [4.78, 5) is 4.38. The molecule has 1 fully saturated rings. The van der Waals surface area contributed by atoms with Crippen molar-refractivity contribution in [1.82, 2.24) is 10.4 Å². The van der Waals surface area contributed by atoms with Crippen LogP contribution in [0.25, 0.3) is 0 Å². The van der Waals surface area contributed by atoms with Gasteiger partial charge in [-0.05, 0) is 60.2 Å². The number of nitrogens with one attached hydrogen (secondary N) is 1. The summed E-state index contributed by atoms with van der Waals surface area (Å²) < 4.78 is 6.63. The van der Waals surface area contributed by atoms with Crippen molar-refractivity contribution < 1.29 is 4.74 Å². The molecule has 1 aliphatic heterocycles. The second-order valence-corrected chi connectivity index (χ2v) is 5.51. The summed E-state index contributed by atoms with van der Waals surface area (Å²) in [6.07, 6.45) is 7.85. The molecule has 0 amide bonds. The maximum Gasteiger partial charge on any atom is 0.0728 e. The fourth-order valence-electron chi connectivity index (χ4n) is 2.37. The molecule has 2 atom stereocenters. The van der Waals surface area contributed by atoms with Crippen LogP contribution in [0.5, 0.6) is 0 Å². The normalized spacial score (nSPS) is 21.1. The number of hydrazine groups is 1. The van der Waals surface area contributed by atoms with Gasteiger partial charge >= 0.3 is 0 Å². The van der Waals surface area contributed by atoms with Crippen LogP contribution in [0.15, 0.2) is 22.8 Å². The first-order valence-electron chi connectivity index (χ1n) is 6.49. The van der Waals surface area contributed by atoms with Gasteiger partial charge in [0, 0.05) is 17.3 Å². The quantitative estimate of drug-likeness (QED) is 0.626. The number of pyridine rings is 1. The number of nitrogens with zero attached hydrogens (tertiary/aromatic N) is 1. The summed E-state index contributed by atoms with van der Waals surface area (Å²) in [7, 11) is 0. The number of nitrogens with two attached hydrogens (primary N) is 1. The molecule has 3 N–H and O–H groups in total. The van der Waals surface area contributed by atoms with E-state index < -0.39 is 0 Å². The van der Waals surface area contributed by atoms with Gasteiger partial charge in [0.15, 0.2) is 0 Å². The fraction of sp³-hybridized carbons (Fsp3) is 0.615. The van der Waals surface area contributed by atoms with E-state index in [1.165, 1.54) is 12.8 Å². The third kappa shape index (κ3) is 3.75. The molecule has 0 aliphatic carbocycles. The monoisotopic (exact) mass is 313 g/mol. The molecule has 5 heteroatoms. The zero-order valence-corrected chi connectivity index (χ0v) is 12.0. The molecule has 2 unspecified atom stereocenters. The highest BCUT2D eigenvalue weighted by Gasteiger charge is 2.18. The van der Waals surface area contributed by atoms with Crippen LogP contribution in [0.1, 0.15) is 43.8 Å². The van der Waals surface area contributed by atoms with Crippen molar-refractivity contribution in [3.63, 3.8) is 0 Å². The van der Waals surface area contributed by atoms with E-state index in [0.29, 0.717) is 6.10 Å². The van der Waals surface area contributed by atoms with Crippen molar-refractivity contribution in [3.05, 3.63) is 28.5 Å². The molecule has 1 saturated heterocycles. The van der Waals surface area contributed by atoms with Crippen LogP contribution in [0, 0.1) is 0 Å². The third-order valence-electron chi connectivity index (χ3n) is 3.36. The second-order valence-electron chi connectivity index (χ2n) is 4.66. The smallest absolute Gasteiger partial charge is 0.0728 e. The third-order valence-corrected chi connectivity index (χ3v) is 4.03. The molecule has 0 bridgehead atoms. The maximum atomic E-state index is 5.63. The first-order chi connectivity index (χ1) is 8.81. The zero-order valence-electron chi connectivity index (χ0n) is 10.4. The van der Waals surface area contributed by atoms with E-state index in [1.807, 2.05) is 12.1 Å². The van der Waals surface area contributed by atoms with Crippen molar-refractivity contribution in [3.8, 4) is 0 Å². The van der Waals surface area contributed by atoms with E-state index in [4.69, 9.17) is 10.6 Å². The van der Waals surface area contributed by atoms with E-state index in [1.54, 1.807) is 6.20 Å². The molecule has 0 saturated carbocycles. The Bertz CT molecular complexity index is 369. The van der Waals surface area contributed by atoms with Gasteiger partial charge in [-0.1, -0.05) is 0 Å². The molecular weight excluding hydrogens is 294 g/mol. The minimum Gasteiger partial charge on any atom is -0.378 e. The van der Waals surface area contributed by atoms with Gasteiger partial charge < -0.3 is 4.74 Å². The maximum absolute atomic E-state index is 5.63. The van der Waals surface area contributed by atoms with E-state index >= 15 is 0 Å². The Balaban J connectivity index is 1.83. The second kappa shape index (κ2) is 7.19. The summed E-state index contributed by atoms with van der Waals surface area (Å²) in [5.41, 5.74) is 3.83. The summed E-state index contributed by atoms with van der Waals surface area (Å²) in [6.45, 7) is 0.926. The van der Waals surface area contributed by atoms with Gasteiger partial charge in [-0.15, -0.1) is 0 Å². The van der Waals surface area contributed by atoms with E-state index in [2.05, 4.69) is 26.3 Å². The first-order valence-corrected chi connectivity index (χ1v) is 7.28. The SMILES string of the molecule is NNC(CCCC1CCCO1)c1ncccc1Br. The Morgan fingerprint density at radius 3 is 3.17 bits per heavy atom. The van der Waals surface area contributed by atoms with Crippen molar-refractivity contribution >= 4 is 15.9 Å². The Hall–Kier alpha value is -0.490. The lowest BCUT2D eigenvalue weighted by molar-refractivity contribution is 0.101. The van der Waals surface area contributed by atoms with Crippen LogP contribution in [0.2, 0.25) is 0 Å². The van der Waals surface area contributed by atoms with Crippen molar-refractivity contribution in [1.29, 1.82) is 0 Å². The Labute approximate surface area is 116 Å². The van der Waals surface area contributed by atoms with Crippen LogP contribution in [0.3, 0.4) is 0 Å². The average molecular weight is 314 g/mol. The number of rotatable bonds is 6. The van der Waals surface area contributed by atoms with Gasteiger partial charge in [0.2, 0.25) is 0 Å². The molecule has 18 heavy (non-hydrogen) atoms. The Morgan fingerprint density at radius 1 is 1.61 bits per heavy atom. The molecule has 1 aromatic rings. The number of hydrogen-bond acceptors (Lipinski definition) is 4. The van der Waals surface area contributed by atoms with Gasteiger partial charge in [-0.25, -0.2) is 0 Å². The van der Waals surface area contributed by atoms with E-state index in [9.17, 15) is 0 Å². The summed E-state index contributed by atoms with van der Waals surface area (Å²) >= 11 is 3.51.